The van der Waals surface area contributed by atoms with Crippen molar-refractivity contribution in [2.45, 2.75) is 31.1 Å². The lowest BCUT2D eigenvalue weighted by molar-refractivity contribution is -0.395. The Kier molecular flexibility index (Phi) is 8.85. The number of benzene rings is 9. The SMILES string of the molecule is c1ccc(-c2ccc(N(c3ccc(-c4ccc(N(c5ccc(-c6ccccc6)cc5)c5cccc(-c6ccccc6)c5)cc4)cc3)c3ccc(C45CC6CC7CC(C4)C765)cc3)cc2)cc1. The fourth-order valence-electron chi connectivity index (χ4n) is 13.2. The molecule has 2 nitrogen and oxygen atoms in total. The summed E-state index contributed by atoms with van der Waals surface area (Å²) in [4.78, 5) is 4.79. The summed E-state index contributed by atoms with van der Waals surface area (Å²) in [6.45, 7) is 0. The molecular formula is C63H50N2. The molecule has 0 radical (unpaired) electrons. The molecule has 0 amide bonds. The molecule has 9 aromatic rings. The van der Waals surface area contributed by atoms with E-state index < -0.39 is 0 Å². The lowest BCUT2D eigenvalue weighted by Crippen LogP contribution is -2.87. The second-order valence-electron chi connectivity index (χ2n) is 19.0. The average Bonchev–Trinajstić information content (AvgIpc) is 3.35. The fourth-order valence-corrected chi connectivity index (χ4v) is 13.2. The van der Waals surface area contributed by atoms with Gasteiger partial charge in [-0.2, -0.15) is 0 Å². The van der Waals surface area contributed by atoms with Gasteiger partial charge in [-0.25, -0.2) is 0 Å². The first-order valence-electron chi connectivity index (χ1n) is 23.5. The van der Waals surface area contributed by atoms with E-state index in [0.717, 1.165) is 46.2 Å². The zero-order valence-corrected chi connectivity index (χ0v) is 36.5. The maximum atomic E-state index is 2.48. The van der Waals surface area contributed by atoms with Gasteiger partial charge in [0, 0.05) is 39.5 Å². The Morgan fingerprint density at radius 3 is 0.969 bits per heavy atom. The van der Waals surface area contributed by atoms with Crippen LogP contribution >= 0.6 is 0 Å². The van der Waals surface area contributed by atoms with Gasteiger partial charge in [0.05, 0.1) is 0 Å². The molecule has 0 aromatic heterocycles. The summed E-state index contributed by atoms with van der Waals surface area (Å²) >= 11 is 0. The summed E-state index contributed by atoms with van der Waals surface area (Å²) in [6, 6.07) is 86.7. The topological polar surface area (TPSA) is 6.48 Å². The molecule has 0 aliphatic heterocycles. The Hall–Kier alpha value is -7.42. The van der Waals surface area contributed by atoms with Gasteiger partial charge in [-0.3, -0.25) is 0 Å². The highest BCUT2D eigenvalue weighted by Gasteiger charge is 2.87. The van der Waals surface area contributed by atoms with Crippen LogP contribution in [0.25, 0.3) is 44.5 Å². The van der Waals surface area contributed by atoms with Crippen LogP contribution in [-0.2, 0) is 5.41 Å². The number of hydrogen-bond donors (Lipinski definition) is 0. The molecule has 2 heteroatoms. The molecule has 13 rings (SSSR count). The van der Waals surface area contributed by atoms with Gasteiger partial charge < -0.3 is 9.80 Å². The van der Waals surface area contributed by atoms with Crippen molar-refractivity contribution >= 4 is 34.1 Å². The minimum atomic E-state index is 0.456. The maximum absolute atomic E-state index is 2.48. The van der Waals surface area contributed by atoms with E-state index in [-0.39, 0.29) is 0 Å². The molecular weight excluding hydrogens is 785 g/mol. The average molecular weight is 835 g/mol. The molecule has 0 heterocycles. The maximum Gasteiger partial charge on any atom is 0.0467 e. The lowest BCUT2D eigenvalue weighted by atomic mass is 9.12. The zero-order valence-electron chi connectivity index (χ0n) is 36.5. The van der Waals surface area contributed by atoms with E-state index in [2.05, 4.69) is 246 Å². The van der Waals surface area contributed by atoms with Crippen LogP contribution in [0.3, 0.4) is 0 Å². The molecule has 9 aromatic carbocycles. The highest BCUT2D eigenvalue weighted by Crippen LogP contribution is 2.92. The predicted octanol–water partition coefficient (Wildman–Crippen LogP) is 17.0. The van der Waals surface area contributed by atoms with Crippen LogP contribution in [0.1, 0.15) is 31.2 Å². The first-order chi connectivity index (χ1) is 32.1. The molecule has 1 spiro atoms. The van der Waals surface area contributed by atoms with Gasteiger partial charge in [-0.1, -0.05) is 164 Å². The minimum absolute atomic E-state index is 0.456. The summed E-state index contributed by atoms with van der Waals surface area (Å²) in [5.74, 6) is 3.01. The molecule has 0 bridgehead atoms. The predicted molar refractivity (Wildman–Crippen MR) is 271 cm³/mol. The normalized spacial score (nSPS) is 21.9. The van der Waals surface area contributed by atoms with Crippen LogP contribution in [0, 0.1) is 23.2 Å². The first kappa shape index (κ1) is 38.1. The Balaban J connectivity index is 0.818. The van der Waals surface area contributed by atoms with Crippen LogP contribution < -0.4 is 9.80 Å². The molecule has 0 N–H and O–H groups in total. The van der Waals surface area contributed by atoms with Gasteiger partial charge in [0.2, 0.25) is 0 Å². The van der Waals surface area contributed by atoms with E-state index in [0.29, 0.717) is 10.8 Å². The zero-order chi connectivity index (χ0) is 43.0. The molecule has 65 heavy (non-hydrogen) atoms. The van der Waals surface area contributed by atoms with Crippen LogP contribution in [0.15, 0.2) is 237 Å². The highest BCUT2D eigenvalue weighted by molar-refractivity contribution is 5.84. The molecule has 4 aliphatic rings. The van der Waals surface area contributed by atoms with Crippen molar-refractivity contribution in [2.24, 2.45) is 23.2 Å². The first-order valence-corrected chi connectivity index (χ1v) is 23.5. The summed E-state index contributed by atoms with van der Waals surface area (Å²) < 4.78 is 0. The molecule has 2 unspecified atom stereocenters. The van der Waals surface area contributed by atoms with E-state index in [1.807, 2.05) is 0 Å². The quantitative estimate of drug-likeness (QED) is 0.128. The minimum Gasteiger partial charge on any atom is -0.311 e. The Morgan fingerprint density at radius 1 is 0.277 bits per heavy atom. The summed E-state index contributed by atoms with van der Waals surface area (Å²) in [5.41, 5.74) is 19.2. The van der Waals surface area contributed by atoms with Crippen LogP contribution in [-0.4, -0.2) is 0 Å². The number of anilines is 6. The van der Waals surface area contributed by atoms with E-state index in [4.69, 9.17) is 0 Å². The lowest BCUT2D eigenvalue weighted by Gasteiger charge is -2.91. The van der Waals surface area contributed by atoms with Gasteiger partial charge >= 0.3 is 0 Å². The number of nitrogens with zero attached hydrogens (tertiary/aromatic N) is 2. The fraction of sp³-hybridized carbons (Fsp3) is 0.143. The Bertz CT molecular complexity index is 3100. The van der Waals surface area contributed by atoms with Gasteiger partial charge in [0.1, 0.15) is 0 Å². The molecule has 2 atom stereocenters. The van der Waals surface area contributed by atoms with Gasteiger partial charge in [0.15, 0.2) is 0 Å². The summed E-state index contributed by atoms with van der Waals surface area (Å²) in [7, 11) is 0. The third-order valence-electron chi connectivity index (χ3n) is 16.1. The van der Waals surface area contributed by atoms with Crippen molar-refractivity contribution in [3.8, 4) is 44.5 Å². The van der Waals surface area contributed by atoms with Crippen molar-refractivity contribution in [1.29, 1.82) is 0 Å². The van der Waals surface area contributed by atoms with Gasteiger partial charge in [-0.15, -0.1) is 0 Å². The van der Waals surface area contributed by atoms with E-state index in [1.165, 1.54) is 75.9 Å². The van der Waals surface area contributed by atoms with E-state index in [9.17, 15) is 0 Å². The van der Waals surface area contributed by atoms with E-state index in [1.54, 1.807) is 5.56 Å². The third kappa shape index (κ3) is 6.00. The van der Waals surface area contributed by atoms with Crippen molar-refractivity contribution in [1.82, 2.24) is 0 Å². The van der Waals surface area contributed by atoms with Crippen molar-refractivity contribution in [3.63, 3.8) is 0 Å². The van der Waals surface area contributed by atoms with Crippen molar-refractivity contribution in [2.75, 3.05) is 9.80 Å². The van der Waals surface area contributed by atoms with E-state index >= 15 is 0 Å². The summed E-state index contributed by atoms with van der Waals surface area (Å²) in [6.07, 6.45) is 5.81. The Labute approximate surface area is 383 Å². The molecule has 0 saturated heterocycles. The van der Waals surface area contributed by atoms with Crippen molar-refractivity contribution in [3.05, 3.63) is 242 Å². The smallest absolute Gasteiger partial charge is 0.0467 e. The molecule has 4 fully saturated rings. The van der Waals surface area contributed by atoms with Crippen LogP contribution in [0.2, 0.25) is 0 Å². The second kappa shape index (κ2) is 15.1. The standard InChI is InChI=1S/C63H50N2/c1-4-11-44(12-5-1)47-19-29-56(30-20-47)64(60-37-27-52(28-38-60)62-42-54-40-53-41-55(43-62)63(53,54)62)57-31-23-49(24-32-57)50-25-35-59(36-26-50)65(58-33-21-48(22-34-58)45-13-6-2-7-14-45)61-18-10-17-51(39-61)46-15-8-3-9-16-46/h1-39,53-55H,40-43H2. The Morgan fingerprint density at radius 2 is 0.600 bits per heavy atom. The molecule has 4 saturated carbocycles. The van der Waals surface area contributed by atoms with Gasteiger partial charge in [0.25, 0.3) is 0 Å². The number of rotatable bonds is 11. The largest absolute Gasteiger partial charge is 0.311 e. The summed E-state index contributed by atoms with van der Waals surface area (Å²) in [5, 5.41) is 0. The highest BCUT2D eigenvalue weighted by atomic mass is 15.1. The van der Waals surface area contributed by atoms with Crippen LogP contribution in [0.4, 0.5) is 34.1 Å². The molecule has 312 valence electrons. The second-order valence-corrected chi connectivity index (χ2v) is 19.0. The van der Waals surface area contributed by atoms with Gasteiger partial charge in [-0.05, 0) is 172 Å². The van der Waals surface area contributed by atoms with Crippen molar-refractivity contribution < 1.29 is 0 Å². The monoisotopic (exact) mass is 834 g/mol. The van der Waals surface area contributed by atoms with Crippen LogP contribution in [0.5, 0.6) is 0 Å². The molecule has 4 aliphatic carbocycles. The number of hydrogen-bond acceptors (Lipinski definition) is 2. The third-order valence-corrected chi connectivity index (χ3v) is 16.1.